The molecule has 0 bridgehead atoms. The van der Waals surface area contributed by atoms with Crippen LogP contribution in [-0.2, 0) is 10.9 Å². The number of carbonyl (C=O) groups excluding carboxylic acids is 1. The molecule has 9 heteroatoms. The van der Waals surface area contributed by atoms with E-state index in [1.807, 2.05) is 0 Å². The minimum absolute atomic E-state index is 0.0469. The number of halogens is 3. The van der Waals surface area contributed by atoms with Gasteiger partial charge in [-0.1, -0.05) is 6.07 Å². The maximum atomic E-state index is 12.6. The number of nitro benzene ring substituents is 1. The molecule has 132 valence electrons. The smallest absolute Gasteiger partial charge is 0.433 e. The molecular weight excluding hydrogens is 341 g/mol. The summed E-state index contributed by atoms with van der Waals surface area (Å²) in [6.45, 7) is 3.13. The minimum atomic E-state index is -4.59. The summed E-state index contributed by atoms with van der Waals surface area (Å²) < 4.78 is 42.8. The summed E-state index contributed by atoms with van der Waals surface area (Å²) in [5, 5.41) is 11.0. The van der Waals surface area contributed by atoms with Crippen LogP contribution in [0.5, 0.6) is 0 Å². The number of esters is 1. The molecule has 25 heavy (non-hydrogen) atoms. The molecule has 0 saturated carbocycles. The Bertz CT molecular complexity index is 817. The van der Waals surface area contributed by atoms with Crippen molar-refractivity contribution in [3.8, 4) is 11.1 Å². The quantitative estimate of drug-likeness (QED) is 0.468. The molecule has 0 aliphatic rings. The lowest BCUT2D eigenvalue weighted by molar-refractivity contribution is -0.384. The summed E-state index contributed by atoms with van der Waals surface area (Å²) in [6.07, 6.45) is -3.62. The molecule has 0 fully saturated rings. The van der Waals surface area contributed by atoms with Gasteiger partial charge in [-0.15, -0.1) is 0 Å². The fourth-order valence-electron chi connectivity index (χ4n) is 2.34. The predicted molar refractivity (Wildman–Crippen MR) is 82.0 cm³/mol. The number of nitrogens with zero attached hydrogens (tertiary/aromatic N) is 2. The van der Waals surface area contributed by atoms with E-state index in [4.69, 9.17) is 4.74 Å². The number of nitro groups is 1. The number of aryl methyl sites for hydroxylation is 1. The minimum Gasteiger partial charge on any atom is -0.462 e. The molecule has 2 aromatic rings. The highest BCUT2D eigenvalue weighted by Crippen LogP contribution is 2.33. The van der Waals surface area contributed by atoms with E-state index in [1.54, 1.807) is 6.92 Å². The molecule has 0 unspecified atom stereocenters. The Morgan fingerprint density at radius 1 is 1.32 bits per heavy atom. The first-order chi connectivity index (χ1) is 11.6. The van der Waals surface area contributed by atoms with E-state index in [1.165, 1.54) is 13.0 Å². The second-order valence-corrected chi connectivity index (χ2v) is 5.09. The van der Waals surface area contributed by atoms with Gasteiger partial charge in [0.25, 0.3) is 5.69 Å². The molecule has 0 saturated heterocycles. The average molecular weight is 354 g/mol. The van der Waals surface area contributed by atoms with Crippen LogP contribution in [0.25, 0.3) is 11.1 Å². The summed E-state index contributed by atoms with van der Waals surface area (Å²) in [5.74, 6) is -0.802. The summed E-state index contributed by atoms with van der Waals surface area (Å²) >= 11 is 0. The van der Waals surface area contributed by atoms with Crippen LogP contribution in [0.1, 0.15) is 28.5 Å². The highest BCUT2D eigenvalue weighted by Gasteiger charge is 2.32. The number of benzene rings is 1. The average Bonchev–Trinajstić information content (AvgIpc) is 2.53. The number of rotatable bonds is 4. The fourth-order valence-corrected chi connectivity index (χ4v) is 2.34. The topological polar surface area (TPSA) is 82.3 Å². The zero-order valence-electron chi connectivity index (χ0n) is 13.3. The molecule has 0 N–H and O–H groups in total. The first-order valence-electron chi connectivity index (χ1n) is 7.15. The van der Waals surface area contributed by atoms with Gasteiger partial charge in [-0.3, -0.25) is 15.1 Å². The molecule has 6 nitrogen and oxygen atoms in total. The lowest BCUT2D eigenvalue weighted by Gasteiger charge is -2.13. The van der Waals surface area contributed by atoms with Gasteiger partial charge in [0.05, 0.1) is 17.1 Å². The molecule has 1 aromatic carbocycles. The molecule has 1 heterocycles. The van der Waals surface area contributed by atoms with E-state index >= 15 is 0 Å². The second kappa shape index (κ2) is 6.88. The normalized spacial score (nSPS) is 11.2. The third-order valence-corrected chi connectivity index (χ3v) is 3.37. The predicted octanol–water partition coefficient (Wildman–Crippen LogP) is 4.16. The molecule has 1 aromatic heterocycles. The molecular formula is C16H13F3N2O4. The van der Waals surface area contributed by atoms with Crippen molar-refractivity contribution in [3.63, 3.8) is 0 Å². The molecule has 0 aliphatic carbocycles. The Kier molecular flexibility index (Phi) is 5.05. The number of carbonyl (C=O) groups is 1. The zero-order valence-corrected chi connectivity index (χ0v) is 13.3. The van der Waals surface area contributed by atoms with Crippen molar-refractivity contribution >= 4 is 11.7 Å². The molecule has 0 radical (unpaired) electrons. The van der Waals surface area contributed by atoms with Crippen molar-refractivity contribution in [2.24, 2.45) is 0 Å². The number of aromatic nitrogens is 1. The number of hydrogen-bond donors (Lipinski definition) is 0. The van der Waals surface area contributed by atoms with Gasteiger partial charge in [-0.25, -0.2) is 4.79 Å². The summed E-state index contributed by atoms with van der Waals surface area (Å²) in [4.78, 5) is 25.8. The van der Waals surface area contributed by atoms with Crippen molar-refractivity contribution in [3.05, 3.63) is 57.4 Å². The van der Waals surface area contributed by atoms with Gasteiger partial charge in [0.2, 0.25) is 0 Å². The SMILES string of the molecule is CCOC(=O)c1cc([N+](=O)[O-])cc(C)c1-c1ccc(C(F)(F)F)nc1. The van der Waals surface area contributed by atoms with Crippen LogP contribution >= 0.6 is 0 Å². The number of alkyl halides is 3. The van der Waals surface area contributed by atoms with Crippen molar-refractivity contribution in [1.82, 2.24) is 4.98 Å². The molecule has 0 atom stereocenters. The summed E-state index contributed by atoms with van der Waals surface area (Å²) in [7, 11) is 0. The van der Waals surface area contributed by atoms with Crippen LogP contribution in [0.3, 0.4) is 0 Å². The Morgan fingerprint density at radius 2 is 2.00 bits per heavy atom. The third kappa shape index (κ3) is 3.93. The van der Waals surface area contributed by atoms with Crippen LogP contribution in [-0.4, -0.2) is 22.5 Å². The molecule has 0 aliphatic heterocycles. The van der Waals surface area contributed by atoms with Crippen LogP contribution in [0.15, 0.2) is 30.5 Å². The van der Waals surface area contributed by atoms with E-state index < -0.39 is 22.8 Å². The Morgan fingerprint density at radius 3 is 2.48 bits per heavy atom. The van der Waals surface area contributed by atoms with Crippen LogP contribution in [0, 0.1) is 17.0 Å². The van der Waals surface area contributed by atoms with Crippen molar-refractivity contribution in [2.75, 3.05) is 6.61 Å². The number of pyridine rings is 1. The highest BCUT2D eigenvalue weighted by atomic mass is 19.4. The second-order valence-electron chi connectivity index (χ2n) is 5.09. The van der Waals surface area contributed by atoms with Gasteiger partial charge in [0.15, 0.2) is 0 Å². The van der Waals surface area contributed by atoms with Gasteiger partial charge in [0.1, 0.15) is 5.69 Å². The Balaban J connectivity index is 2.63. The van der Waals surface area contributed by atoms with Crippen molar-refractivity contribution < 1.29 is 27.6 Å². The van der Waals surface area contributed by atoms with E-state index in [-0.39, 0.29) is 29.0 Å². The van der Waals surface area contributed by atoms with E-state index in [9.17, 15) is 28.1 Å². The van der Waals surface area contributed by atoms with E-state index in [0.717, 1.165) is 24.4 Å². The van der Waals surface area contributed by atoms with Gasteiger partial charge in [0, 0.05) is 29.5 Å². The van der Waals surface area contributed by atoms with Gasteiger partial charge >= 0.3 is 12.1 Å². The van der Waals surface area contributed by atoms with Crippen LogP contribution < -0.4 is 0 Å². The van der Waals surface area contributed by atoms with Crippen LogP contribution in [0.4, 0.5) is 18.9 Å². The largest absolute Gasteiger partial charge is 0.462 e. The molecule has 0 amide bonds. The Labute approximate surface area is 140 Å². The fraction of sp³-hybridized carbons (Fsp3) is 0.250. The first-order valence-corrected chi connectivity index (χ1v) is 7.15. The monoisotopic (exact) mass is 354 g/mol. The van der Waals surface area contributed by atoms with Gasteiger partial charge in [-0.05, 0) is 25.5 Å². The molecule has 0 spiro atoms. The maximum absolute atomic E-state index is 12.6. The zero-order chi connectivity index (χ0) is 18.8. The summed E-state index contributed by atoms with van der Waals surface area (Å²) in [5.41, 5.74) is -0.680. The third-order valence-electron chi connectivity index (χ3n) is 3.37. The number of non-ortho nitro benzene ring substituents is 1. The van der Waals surface area contributed by atoms with Crippen molar-refractivity contribution in [1.29, 1.82) is 0 Å². The van der Waals surface area contributed by atoms with Crippen molar-refractivity contribution in [2.45, 2.75) is 20.0 Å². The molecule has 2 rings (SSSR count). The lowest BCUT2D eigenvalue weighted by Crippen LogP contribution is -2.10. The standard InChI is InChI=1S/C16H13F3N2O4/c1-3-25-15(22)12-7-11(21(23)24)6-9(2)14(12)10-4-5-13(20-8-10)16(17,18)19/h4-8H,3H2,1-2H3. The lowest BCUT2D eigenvalue weighted by atomic mass is 9.95. The maximum Gasteiger partial charge on any atom is 0.433 e. The number of ether oxygens (including phenoxy) is 1. The van der Waals surface area contributed by atoms with Crippen LogP contribution in [0.2, 0.25) is 0 Å². The number of hydrogen-bond acceptors (Lipinski definition) is 5. The van der Waals surface area contributed by atoms with E-state index in [2.05, 4.69) is 4.98 Å². The van der Waals surface area contributed by atoms with Gasteiger partial charge < -0.3 is 4.74 Å². The van der Waals surface area contributed by atoms with Gasteiger partial charge in [-0.2, -0.15) is 13.2 Å². The highest BCUT2D eigenvalue weighted by molar-refractivity contribution is 5.99. The Hall–Kier alpha value is -2.97. The first kappa shape index (κ1) is 18.4. The summed E-state index contributed by atoms with van der Waals surface area (Å²) in [6, 6.07) is 4.21. The van der Waals surface area contributed by atoms with E-state index in [0.29, 0.717) is 5.56 Å².